The van der Waals surface area contributed by atoms with Gasteiger partial charge in [-0.1, -0.05) is 60.7 Å². The first-order chi connectivity index (χ1) is 13.8. The van der Waals surface area contributed by atoms with Gasteiger partial charge in [0.2, 0.25) is 0 Å². The molecule has 0 fully saturated rings. The fourth-order valence-corrected chi connectivity index (χ4v) is 3.15. The van der Waals surface area contributed by atoms with Gasteiger partial charge < -0.3 is 14.2 Å². The molecule has 2 rings (SSSR count). The van der Waals surface area contributed by atoms with Gasteiger partial charge in [0.1, 0.15) is 0 Å². The zero-order chi connectivity index (χ0) is 21.2. The average molecular weight is 400 g/mol. The summed E-state index contributed by atoms with van der Waals surface area (Å²) in [5.41, 5.74) is 1.96. The highest BCUT2D eigenvalue weighted by Crippen LogP contribution is 2.17. The predicted molar refractivity (Wildman–Crippen MR) is 119 cm³/mol. The summed E-state index contributed by atoms with van der Waals surface area (Å²) in [6.45, 7) is 12.6. The van der Waals surface area contributed by atoms with Gasteiger partial charge in [-0.05, 0) is 38.8 Å². The van der Waals surface area contributed by atoms with Gasteiger partial charge in [-0.25, -0.2) is 0 Å². The van der Waals surface area contributed by atoms with Crippen molar-refractivity contribution in [1.29, 1.82) is 0 Å². The van der Waals surface area contributed by atoms with E-state index >= 15 is 0 Å². The molecule has 2 aromatic carbocycles. The molecule has 0 unspecified atom stereocenters. The fraction of sp³-hybridized carbons (Fsp3) is 0.520. The molecule has 0 bridgehead atoms. The Morgan fingerprint density at radius 3 is 1.66 bits per heavy atom. The second-order valence-corrected chi connectivity index (χ2v) is 8.77. The Kier molecular flexibility index (Phi) is 9.31. The van der Waals surface area contributed by atoms with E-state index in [1.807, 2.05) is 13.8 Å². The van der Waals surface area contributed by atoms with Crippen LogP contribution in [-0.2, 0) is 27.3 Å². The summed E-state index contributed by atoms with van der Waals surface area (Å²) in [4.78, 5) is 2.43. The van der Waals surface area contributed by atoms with Crippen molar-refractivity contribution in [3.63, 3.8) is 0 Å². The first-order valence-corrected chi connectivity index (χ1v) is 10.4. The van der Waals surface area contributed by atoms with Crippen LogP contribution in [0.25, 0.3) is 0 Å². The van der Waals surface area contributed by atoms with Crippen molar-refractivity contribution in [2.75, 3.05) is 33.5 Å². The predicted octanol–water partition coefficient (Wildman–Crippen LogP) is 4.93. The first kappa shape index (κ1) is 23.6. The summed E-state index contributed by atoms with van der Waals surface area (Å²) >= 11 is 0. The third-order valence-electron chi connectivity index (χ3n) is 4.70. The van der Waals surface area contributed by atoms with Crippen LogP contribution in [0, 0.1) is 0 Å². The van der Waals surface area contributed by atoms with Crippen LogP contribution in [0.15, 0.2) is 60.7 Å². The molecular weight excluding hydrogens is 362 g/mol. The molecule has 2 aromatic rings. The minimum atomic E-state index is -0.351. The Hall–Kier alpha value is -1.72. The molecule has 29 heavy (non-hydrogen) atoms. The van der Waals surface area contributed by atoms with Crippen LogP contribution in [-0.4, -0.2) is 49.6 Å². The van der Waals surface area contributed by atoms with Gasteiger partial charge in [0.25, 0.3) is 0 Å². The highest BCUT2D eigenvalue weighted by Gasteiger charge is 2.25. The standard InChI is InChI=1S/C25H37NO3/c1-24(2,20-27-5)29-21-25(3,4)28-17-16-26(18-22-12-8-6-9-13-22)19-23-14-10-7-11-15-23/h6-15H,16-21H2,1-5H3. The van der Waals surface area contributed by atoms with Crippen molar-refractivity contribution in [3.05, 3.63) is 71.8 Å². The van der Waals surface area contributed by atoms with Crippen molar-refractivity contribution >= 4 is 0 Å². The third-order valence-corrected chi connectivity index (χ3v) is 4.70. The number of rotatable bonds is 13. The second kappa shape index (κ2) is 11.5. The molecule has 0 saturated carbocycles. The zero-order valence-corrected chi connectivity index (χ0v) is 18.7. The Bertz CT molecular complexity index is 644. The minimum absolute atomic E-state index is 0.317. The molecule has 4 nitrogen and oxygen atoms in total. The van der Waals surface area contributed by atoms with Crippen LogP contribution < -0.4 is 0 Å². The maximum atomic E-state index is 6.20. The van der Waals surface area contributed by atoms with E-state index in [-0.39, 0.29) is 11.2 Å². The SMILES string of the molecule is COCC(C)(C)OCC(C)(C)OCCN(Cc1ccccc1)Cc1ccccc1. The largest absolute Gasteiger partial charge is 0.382 e. The molecule has 0 aromatic heterocycles. The highest BCUT2D eigenvalue weighted by molar-refractivity contribution is 5.17. The average Bonchev–Trinajstić information content (AvgIpc) is 2.68. The minimum Gasteiger partial charge on any atom is -0.382 e. The van der Waals surface area contributed by atoms with Gasteiger partial charge in [0.05, 0.1) is 31.0 Å². The van der Waals surface area contributed by atoms with Gasteiger partial charge in [-0.3, -0.25) is 4.90 Å². The number of benzene rings is 2. The van der Waals surface area contributed by atoms with Crippen LogP contribution in [0.1, 0.15) is 38.8 Å². The lowest BCUT2D eigenvalue weighted by molar-refractivity contribution is -0.137. The van der Waals surface area contributed by atoms with Gasteiger partial charge >= 0.3 is 0 Å². The van der Waals surface area contributed by atoms with Crippen molar-refractivity contribution in [3.8, 4) is 0 Å². The van der Waals surface area contributed by atoms with Crippen LogP contribution in [0.4, 0.5) is 0 Å². The monoisotopic (exact) mass is 399 g/mol. The van der Waals surface area contributed by atoms with Crippen LogP contribution >= 0.6 is 0 Å². The lowest BCUT2D eigenvalue weighted by atomic mass is 10.1. The van der Waals surface area contributed by atoms with Gasteiger partial charge in [-0.2, -0.15) is 0 Å². The molecule has 0 radical (unpaired) electrons. The van der Waals surface area contributed by atoms with E-state index in [2.05, 4.69) is 79.4 Å². The molecule has 160 valence electrons. The number of hydrogen-bond acceptors (Lipinski definition) is 4. The second-order valence-electron chi connectivity index (χ2n) is 8.77. The van der Waals surface area contributed by atoms with Crippen LogP contribution in [0.5, 0.6) is 0 Å². The van der Waals surface area contributed by atoms with E-state index in [1.165, 1.54) is 11.1 Å². The van der Waals surface area contributed by atoms with Crippen molar-refractivity contribution in [1.82, 2.24) is 4.90 Å². The van der Waals surface area contributed by atoms with Crippen LogP contribution in [0.2, 0.25) is 0 Å². The quantitative estimate of drug-likeness (QED) is 0.478. The molecule has 0 aliphatic rings. The molecule has 0 atom stereocenters. The number of ether oxygens (including phenoxy) is 3. The van der Waals surface area contributed by atoms with Crippen molar-refractivity contribution in [2.24, 2.45) is 0 Å². The Balaban J connectivity index is 1.89. The summed E-state index contributed by atoms with van der Waals surface area (Å²) in [6.07, 6.45) is 0. The molecule has 0 N–H and O–H groups in total. The van der Waals surface area contributed by atoms with Crippen LogP contribution in [0.3, 0.4) is 0 Å². The highest BCUT2D eigenvalue weighted by atomic mass is 16.6. The normalized spacial score (nSPS) is 12.5. The van der Waals surface area contributed by atoms with Gasteiger partial charge in [0.15, 0.2) is 0 Å². The summed E-state index contributed by atoms with van der Waals surface area (Å²) in [7, 11) is 1.70. The Morgan fingerprint density at radius 2 is 1.17 bits per heavy atom. The van der Waals surface area contributed by atoms with Crippen molar-refractivity contribution < 1.29 is 14.2 Å². The summed E-state index contributed by atoms with van der Waals surface area (Å²) < 4.78 is 17.4. The van der Waals surface area contributed by atoms with E-state index in [4.69, 9.17) is 14.2 Å². The molecule has 0 spiro atoms. The lowest BCUT2D eigenvalue weighted by Crippen LogP contribution is -2.40. The Morgan fingerprint density at radius 1 is 0.690 bits per heavy atom. The lowest BCUT2D eigenvalue weighted by Gasteiger charge is -2.32. The van der Waals surface area contributed by atoms with Gasteiger partial charge in [0, 0.05) is 26.7 Å². The number of nitrogens with zero attached hydrogens (tertiary/aromatic N) is 1. The summed E-state index contributed by atoms with van der Waals surface area (Å²) in [5.74, 6) is 0. The van der Waals surface area contributed by atoms with Crippen molar-refractivity contribution in [2.45, 2.75) is 52.0 Å². The first-order valence-electron chi connectivity index (χ1n) is 10.4. The van der Waals surface area contributed by atoms with E-state index in [0.717, 1.165) is 19.6 Å². The molecule has 0 amide bonds. The van der Waals surface area contributed by atoms with E-state index in [0.29, 0.717) is 19.8 Å². The van der Waals surface area contributed by atoms with E-state index < -0.39 is 0 Å². The summed E-state index contributed by atoms with van der Waals surface area (Å²) in [6, 6.07) is 21.2. The molecule has 0 heterocycles. The number of methoxy groups -OCH3 is 1. The molecule has 4 heteroatoms. The molecule has 0 aliphatic carbocycles. The molecule has 0 aliphatic heterocycles. The van der Waals surface area contributed by atoms with Gasteiger partial charge in [-0.15, -0.1) is 0 Å². The Labute approximate surface area is 176 Å². The fourth-order valence-electron chi connectivity index (χ4n) is 3.15. The maximum absolute atomic E-state index is 6.20. The molecular formula is C25H37NO3. The molecule has 0 saturated heterocycles. The third kappa shape index (κ3) is 9.55. The van der Waals surface area contributed by atoms with E-state index in [1.54, 1.807) is 7.11 Å². The zero-order valence-electron chi connectivity index (χ0n) is 18.7. The smallest absolute Gasteiger partial charge is 0.0860 e. The number of hydrogen-bond donors (Lipinski definition) is 0. The maximum Gasteiger partial charge on any atom is 0.0860 e. The summed E-state index contributed by atoms with van der Waals surface area (Å²) in [5, 5.41) is 0. The van der Waals surface area contributed by atoms with E-state index in [9.17, 15) is 0 Å². The topological polar surface area (TPSA) is 30.9 Å².